The summed E-state index contributed by atoms with van der Waals surface area (Å²) < 4.78 is 10.4. The minimum absolute atomic E-state index is 0.0423. The normalized spacial score (nSPS) is 11.4. The highest BCUT2D eigenvalue weighted by molar-refractivity contribution is 5.57. The molecule has 0 aliphatic heterocycles. The standard InChI is InChI=1S/C15H21N3O3/c1-15(2,7-8-19)10-16-14-17-13(18-21-14)11-5-4-6-12(9-11)20-3/h4-6,9,19H,7-8,10H2,1-3H3,(H,16,17,18). The number of hydrogen-bond donors (Lipinski definition) is 2. The molecular weight excluding hydrogens is 270 g/mol. The van der Waals surface area contributed by atoms with Crippen LogP contribution in [0.25, 0.3) is 11.4 Å². The first-order valence-corrected chi connectivity index (χ1v) is 6.87. The summed E-state index contributed by atoms with van der Waals surface area (Å²) in [4.78, 5) is 4.31. The van der Waals surface area contributed by atoms with Crippen LogP contribution in [0.2, 0.25) is 0 Å². The number of anilines is 1. The van der Waals surface area contributed by atoms with Crippen molar-refractivity contribution in [2.45, 2.75) is 20.3 Å². The number of ether oxygens (including phenoxy) is 1. The van der Waals surface area contributed by atoms with Crippen LogP contribution < -0.4 is 10.1 Å². The lowest BCUT2D eigenvalue weighted by molar-refractivity contribution is 0.219. The molecule has 1 heterocycles. The van der Waals surface area contributed by atoms with Crippen LogP contribution in [0.1, 0.15) is 20.3 Å². The predicted molar refractivity (Wildman–Crippen MR) is 80.3 cm³/mol. The van der Waals surface area contributed by atoms with E-state index in [0.29, 0.717) is 24.8 Å². The van der Waals surface area contributed by atoms with E-state index in [1.165, 1.54) is 0 Å². The molecule has 1 aromatic heterocycles. The van der Waals surface area contributed by atoms with E-state index < -0.39 is 0 Å². The van der Waals surface area contributed by atoms with Crippen LogP contribution in [0.4, 0.5) is 6.01 Å². The van der Waals surface area contributed by atoms with Gasteiger partial charge in [0, 0.05) is 18.7 Å². The van der Waals surface area contributed by atoms with E-state index in [1.807, 2.05) is 24.3 Å². The number of benzene rings is 1. The van der Waals surface area contributed by atoms with Crippen LogP contribution in [0.15, 0.2) is 28.8 Å². The van der Waals surface area contributed by atoms with Crippen molar-refractivity contribution in [3.05, 3.63) is 24.3 Å². The highest BCUT2D eigenvalue weighted by atomic mass is 16.5. The number of aliphatic hydroxyl groups is 1. The zero-order chi connectivity index (χ0) is 15.3. The summed E-state index contributed by atoms with van der Waals surface area (Å²) >= 11 is 0. The summed E-state index contributed by atoms with van der Waals surface area (Å²) in [6, 6.07) is 7.86. The van der Waals surface area contributed by atoms with Gasteiger partial charge in [-0.3, -0.25) is 0 Å². The van der Waals surface area contributed by atoms with Gasteiger partial charge < -0.3 is 19.7 Å². The Balaban J connectivity index is 2.04. The molecule has 2 aromatic rings. The lowest BCUT2D eigenvalue weighted by Crippen LogP contribution is -2.24. The largest absolute Gasteiger partial charge is 0.497 e. The number of nitrogens with one attached hydrogen (secondary N) is 1. The third kappa shape index (κ3) is 4.19. The SMILES string of the molecule is COc1cccc(-c2noc(NCC(C)(C)CCO)n2)c1. The maximum atomic E-state index is 9.01. The summed E-state index contributed by atoms with van der Waals surface area (Å²) in [5, 5.41) is 16.1. The quantitative estimate of drug-likeness (QED) is 0.816. The van der Waals surface area contributed by atoms with Gasteiger partial charge in [0.2, 0.25) is 5.82 Å². The summed E-state index contributed by atoms with van der Waals surface area (Å²) in [7, 11) is 1.62. The molecule has 0 aliphatic carbocycles. The predicted octanol–water partition coefficient (Wildman–Crippen LogP) is 2.57. The lowest BCUT2D eigenvalue weighted by Gasteiger charge is -2.22. The molecular formula is C15H21N3O3. The number of nitrogens with zero attached hydrogens (tertiary/aromatic N) is 2. The van der Waals surface area contributed by atoms with Crippen molar-refractivity contribution in [1.82, 2.24) is 10.1 Å². The molecule has 21 heavy (non-hydrogen) atoms. The van der Waals surface area contributed by atoms with Gasteiger partial charge in [-0.25, -0.2) is 0 Å². The highest BCUT2D eigenvalue weighted by Gasteiger charge is 2.18. The summed E-state index contributed by atoms with van der Waals surface area (Å²) in [6.45, 7) is 4.94. The fraction of sp³-hybridized carbons (Fsp3) is 0.467. The maximum absolute atomic E-state index is 9.01. The fourth-order valence-corrected chi connectivity index (χ4v) is 1.88. The molecule has 0 unspecified atom stereocenters. The van der Waals surface area contributed by atoms with Crippen LogP contribution >= 0.6 is 0 Å². The first-order chi connectivity index (χ1) is 10.0. The number of aromatic nitrogens is 2. The molecule has 0 bridgehead atoms. The Bertz CT molecular complexity index is 581. The third-order valence-electron chi connectivity index (χ3n) is 3.26. The first kappa shape index (κ1) is 15.3. The van der Waals surface area contributed by atoms with Crippen molar-refractivity contribution in [1.29, 1.82) is 0 Å². The second-order valence-electron chi connectivity index (χ2n) is 5.65. The van der Waals surface area contributed by atoms with Gasteiger partial charge >= 0.3 is 6.01 Å². The van der Waals surface area contributed by atoms with E-state index in [-0.39, 0.29) is 12.0 Å². The Morgan fingerprint density at radius 3 is 2.90 bits per heavy atom. The Morgan fingerprint density at radius 1 is 1.38 bits per heavy atom. The molecule has 0 saturated carbocycles. The second kappa shape index (κ2) is 6.58. The molecule has 1 aromatic carbocycles. The lowest BCUT2D eigenvalue weighted by atomic mass is 9.90. The molecule has 2 rings (SSSR count). The molecule has 0 atom stereocenters. The van der Waals surface area contributed by atoms with Crippen LogP contribution in [0.3, 0.4) is 0 Å². The Morgan fingerprint density at radius 2 is 2.19 bits per heavy atom. The Hall–Kier alpha value is -2.08. The molecule has 114 valence electrons. The van der Waals surface area contributed by atoms with Gasteiger partial charge in [0.25, 0.3) is 0 Å². The topological polar surface area (TPSA) is 80.4 Å². The highest BCUT2D eigenvalue weighted by Crippen LogP contribution is 2.24. The van der Waals surface area contributed by atoms with Crippen molar-refractivity contribution < 1.29 is 14.4 Å². The average molecular weight is 291 g/mol. The summed E-state index contributed by atoms with van der Waals surface area (Å²) in [5.74, 6) is 1.26. The molecule has 0 fully saturated rings. The van der Waals surface area contributed by atoms with E-state index in [0.717, 1.165) is 11.3 Å². The van der Waals surface area contributed by atoms with Crippen molar-refractivity contribution in [2.24, 2.45) is 5.41 Å². The molecule has 2 N–H and O–H groups in total. The first-order valence-electron chi connectivity index (χ1n) is 6.87. The second-order valence-corrected chi connectivity index (χ2v) is 5.65. The Labute approximate surface area is 124 Å². The molecule has 6 nitrogen and oxygen atoms in total. The summed E-state index contributed by atoms with van der Waals surface area (Å²) in [6.07, 6.45) is 0.705. The van der Waals surface area contributed by atoms with Gasteiger partial charge in [0.05, 0.1) is 7.11 Å². The molecule has 0 amide bonds. The van der Waals surface area contributed by atoms with Crippen molar-refractivity contribution in [3.8, 4) is 17.1 Å². The molecule has 0 spiro atoms. The summed E-state index contributed by atoms with van der Waals surface area (Å²) in [5.41, 5.74) is 0.792. The molecule has 0 aliphatic rings. The molecule has 0 radical (unpaired) electrons. The smallest absolute Gasteiger partial charge is 0.321 e. The minimum atomic E-state index is -0.0423. The maximum Gasteiger partial charge on any atom is 0.321 e. The van der Waals surface area contributed by atoms with E-state index in [1.54, 1.807) is 7.11 Å². The van der Waals surface area contributed by atoms with E-state index in [9.17, 15) is 0 Å². The van der Waals surface area contributed by atoms with E-state index in [4.69, 9.17) is 14.4 Å². The van der Waals surface area contributed by atoms with Crippen LogP contribution in [-0.4, -0.2) is 35.5 Å². The van der Waals surface area contributed by atoms with Gasteiger partial charge in [0.1, 0.15) is 5.75 Å². The Kier molecular flexibility index (Phi) is 4.80. The minimum Gasteiger partial charge on any atom is -0.497 e. The van der Waals surface area contributed by atoms with Crippen molar-refractivity contribution >= 4 is 6.01 Å². The average Bonchev–Trinajstić information content (AvgIpc) is 2.94. The van der Waals surface area contributed by atoms with Crippen LogP contribution in [0, 0.1) is 5.41 Å². The van der Waals surface area contributed by atoms with Crippen molar-refractivity contribution in [3.63, 3.8) is 0 Å². The third-order valence-corrected chi connectivity index (χ3v) is 3.26. The van der Waals surface area contributed by atoms with Crippen molar-refractivity contribution in [2.75, 3.05) is 25.6 Å². The van der Waals surface area contributed by atoms with Gasteiger partial charge in [-0.1, -0.05) is 31.1 Å². The monoisotopic (exact) mass is 291 g/mol. The van der Waals surface area contributed by atoms with Gasteiger partial charge in [-0.15, -0.1) is 0 Å². The van der Waals surface area contributed by atoms with Gasteiger partial charge in [-0.2, -0.15) is 4.98 Å². The van der Waals surface area contributed by atoms with Gasteiger partial charge in [0.15, 0.2) is 0 Å². The zero-order valence-corrected chi connectivity index (χ0v) is 12.6. The van der Waals surface area contributed by atoms with Crippen LogP contribution in [-0.2, 0) is 0 Å². The number of aliphatic hydroxyl groups excluding tert-OH is 1. The van der Waals surface area contributed by atoms with Gasteiger partial charge in [-0.05, 0) is 24.0 Å². The number of rotatable bonds is 7. The van der Waals surface area contributed by atoms with Crippen LogP contribution in [0.5, 0.6) is 5.75 Å². The van der Waals surface area contributed by atoms with E-state index >= 15 is 0 Å². The fourth-order valence-electron chi connectivity index (χ4n) is 1.88. The zero-order valence-electron chi connectivity index (χ0n) is 12.6. The number of hydrogen-bond acceptors (Lipinski definition) is 6. The van der Waals surface area contributed by atoms with E-state index in [2.05, 4.69) is 29.3 Å². The number of methoxy groups -OCH3 is 1. The molecule has 6 heteroatoms. The molecule has 0 saturated heterocycles.